The van der Waals surface area contributed by atoms with Crippen LogP contribution in [0.15, 0.2) is 41.2 Å². The van der Waals surface area contributed by atoms with Gasteiger partial charge >= 0.3 is 5.97 Å². The molecule has 3 aromatic rings. The average molecular weight is 464 g/mol. The first-order valence-corrected chi connectivity index (χ1v) is 11.1. The van der Waals surface area contributed by atoms with Gasteiger partial charge in [0.1, 0.15) is 5.75 Å². The van der Waals surface area contributed by atoms with Crippen LogP contribution in [0.1, 0.15) is 44.0 Å². The molecule has 0 spiro atoms. The number of aromatic nitrogens is 1. The summed E-state index contributed by atoms with van der Waals surface area (Å²) in [6.07, 6.45) is 9.69. The minimum Gasteiger partial charge on any atom is -0.493 e. The molecule has 1 aliphatic heterocycles. The lowest BCUT2D eigenvalue weighted by molar-refractivity contribution is -0.136. The van der Waals surface area contributed by atoms with Crippen molar-refractivity contribution in [1.82, 2.24) is 4.57 Å². The Morgan fingerprint density at radius 3 is 2.32 bits per heavy atom. The second-order valence-corrected chi connectivity index (χ2v) is 9.20. The molecule has 34 heavy (non-hydrogen) atoms. The number of aryl methyl sites for hydroxylation is 2. The average Bonchev–Trinajstić information content (AvgIpc) is 2.77. The normalized spacial score (nSPS) is 12.4. The molecule has 0 atom stereocenters. The summed E-state index contributed by atoms with van der Waals surface area (Å²) in [6, 6.07) is 11.5. The zero-order valence-electron chi connectivity index (χ0n) is 20.5. The Labute approximate surface area is 200 Å². The number of fused-ring (bicyclic) bond motifs is 2. The molecule has 2 heterocycles. The highest BCUT2D eigenvalue weighted by molar-refractivity contribution is 5.99. The largest absolute Gasteiger partial charge is 0.493 e. The van der Waals surface area contributed by atoms with Gasteiger partial charge in [-0.25, -0.2) is 0 Å². The second-order valence-electron chi connectivity index (χ2n) is 9.20. The molecule has 6 nitrogen and oxygen atoms in total. The van der Waals surface area contributed by atoms with Crippen LogP contribution >= 0.6 is 0 Å². The number of carboxylic acids is 1. The summed E-state index contributed by atoms with van der Waals surface area (Å²) in [5, 5.41) is 19.4. The smallest absolute Gasteiger partial charge is 0.309 e. The van der Waals surface area contributed by atoms with Gasteiger partial charge in [-0.05, 0) is 80.8 Å². The Morgan fingerprint density at radius 2 is 1.74 bits per heavy atom. The fraction of sp³-hybridized carbons (Fsp3) is 0.357. The van der Waals surface area contributed by atoms with Gasteiger partial charge in [-0.3, -0.25) is 9.59 Å². The van der Waals surface area contributed by atoms with Crippen LogP contribution in [-0.2, 0) is 24.7 Å². The molecule has 2 N–H and O–H groups in total. The quantitative estimate of drug-likeness (QED) is 0.559. The Morgan fingerprint density at radius 1 is 1.15 bits per heavy atom. The van der Waals surface area contributed by atoms with Crippen molar-refractivity contribution in [1.29, 1.82) is 0 Å². The third kappa shape index (κ3) is 6.27. The molecule has 0 bridgehead atoms. The Kier molecular flexibility index (Phi) is 8.67. The maximum Gasteiger partial charge on any atom is 0.309 e. The van der Waals surface area contributed by atoms with Crippen molar-refractivity contribution >= 4 is 16.7 Å². The van der Waals surface area contributed by atoms with Gasteiger partial charge in [0.15, 0.2) is 0 Å². The number of aliphatic carboxylic acids is 1. The van der Waals surface area contributed by atoms with E-state index in [1.165, 1.54) is 4.57 Å². The molecule has 0 aliphatic carbocycles. The van der Waals surface area contributed by atoms with Crippen LogP contribution in [0.2, 0.25) is 0 Å². The van der Waals surface area contributed by atoms with E-state index < -0.39 is 11.6 Å². The van der Waals surface area contributed by atoms with Crippen molar-refractivity contribution in [2.75, 3.05) is 6.61 Å². The fourth-order valence-corrected chi connectivity index (χ4v) is 3.93. The van der Waals surface area contributed by atoms with E-state index in [0.29, 0.717) is 11.1 Å². The van der Waals surface area contributed by atoms with Crippen LogP contribution in [0, 0.1) is 19.8 Å². The Balaban J connectivity index is 0.000000520. The second kappa shape index (κ2) is 11.0. The van der Waals surface area contributed by atoms with Gasteiger partial charge in [-0.2, -0.15) is 0 Å². The van der Waals surface area contributed by atoms with E-state index in [-0.39, 0.29) is 12.0 Å². The van der Waals surface area contributed by atoms with Gasteiger partial charge in [0.05, 0.1) is 18.6 Å². The number of benzene rings is 2. The molecule has 2 aromatic carbocycles. The van der Waals surface area contributed by atoms with Crippen LogP contribution in [0.4, 0.5) is 0 Å². The molecule has 1 aromatic heterocycles. The van der Waals surface area contributed by atoms with Crippen LogP contribution in [0.25, 0.3) is 21.9 Å². The van der Waals surface area contributed by atoms with Crippen molar-refractivity contribution in [3.8, 4) is 29.7 Å². The Bertz CT molecular complexity index is 1260. The van der Waals surface area contributed by atoms with Gasteiger partial charge in [0.25, 0.3) is 5.56 Å². The van der Waals surface area contributed by atoms with Crippen LogP contribution in [-0.4, -0.2) is 33.0 Å². The molecule has 1 aliphatic rings. The molecule has 0 radical (unpaired) electrons. The SMILES string of the molecule is C#C.CC(C)(C)O.Cc1cc2c(cc1-c1c(CC(=O)O)n(C)c(=O)c3ccccc13)CCCO2. The molecule has 6 heteroatoms. The maximum absolute atomic E-state index is 12.8. The van der Waals surface area contributed by atoms with Crippen LogP contribution in [0.3, 0.4) is 0 Å². The number of nitrogens with zero attached hydrogens (tertiary/aromatic N) is 1. The lowest BCUT2D eigenvalue weighted by Gasteiger charge is -2.22. The highest BCUT2D eigenvalue weighted by Crippen LogP contribution is 2.37. The van der Waals surface area contributed by atoms with Gasteiger partial charge in [-0.15, -0.1) is 12.8 Å². The van der Waals surface area contributed by atoms with Gasteiger partial charge in [-0.1, -0.05) is 18.2 Å². The number of hydrogen-bond acceptors (Lipinski definition) is 4. The summed E-state index contributed by atoms with van der Waals surface area (Å²) < 4.78 is 7.24. The third-order valence-corrected chi connectivity index (χ3v) is 5.27. The number of terminal acetylenes is 1. The number of carbonyl (C=O) groups is 1. The summed E-state index contributed by atoms with van der Waals surface area (Å²) in [6.45, 7) is 7.95. The van der Waals surface area contributed by atoms with Crippen molar-refractivity contribution in [2.24, 2.45) is 7.05 Å². The fourth-order valence-electron chi connectivity index (χ4n) is 3.93. The molecule has 180 valence electrons. The first-order chi connectivity index (χ1) is 16.0. The molecule has 0 unspecified atom stereocenters. The third-order valence-electron chi connectivity index (χ3n) is 5.27. The summed E-state index contributed by atoms with van der Waals surface area (Å²) in [4.78, 5) is 24.3. The van der Waals surface area contributed by atoms with Crippen molar-refractivity contribution in [3.05, 3.63) is 63.6 Å². The van der Waals surface area contributed by atoms with Gasteiger partial charge in [0.2, 0.25) is 0 Å². The molecule has 0 fully saturated rings. The lowest BCUT2D eigenvalue weighted by Crippen LogP contribution is -2.24. The summed E-state index contributed by atoms with van der Waals surface area (Å²) in [5.74, 6) is -0.0584. The van der Waals surface area contributed by atoms with Crippen molar-refractivity contribution < 1.29 is 19.7 Å². The lowest BCUT2D eigenvalue weighted by atomic mass is 9.90. The highest BCUT2D eigenvalue weighted by Gasteiger charge is 2.21. The number of rotatable bonds is 3. The predicted molar refractivity (Wildman–Crippen MR) is 136 cm³/mol. The number of pyridine rings is 1. The van der Waals surface area contributed by atoms with Crippen molar-refractivity contribution in [3.63, 3.8) is 0 Å². The van der Waals surface area contributed by atoms with Gasteiger partial charge in [0, 0.05) is 23.7 Å². The molecule has 0 amide bonds. The topological polar surface area (TPSA) is 88.8 Å². The monoisotopic (exact) mass is 463 g/mol. The van der Waals surface area contributed by atoms with E-state index in [2.05, 4.69) is 18.9 Å². The van der Waals surface area contributed by atoms with E-state index in [1.807, 2.05) is 31.2 Å². The molecular formula is C28H33NO5. The minimum atomic E-state index is -0.958. The van der Waals surface area contributed by atoms with E-state index >= 15 is 0 Å². The number of hydrogen-bond donors (Lipinski definition) is 2. The van der Waals surface area contributed by atoms with Crippen LogP contribution < -0.4 is 10.3 Å². The van der Waals surface area contributed by atoms with Gasteiger partial charge < -0.3 is 19.5 Å². The first kappa shape index (κ1) is 26.7. The summed E-state index contributed by atoms with van der Waals surface area (Å²) >= 11 is 0. The number of carboxylic acid groups (broad SMARTS) is 1. The Hall–Kier alpha value is -3.56. The molecule has 0 saturated heterocycles. The number of ether oxygens (including phenoxy) is 1. The zero-order chi connectivity index (χ0) is 25.6. The molecule has 4 rings (SSSR count). The standard InChI is InChI=1S/C22H21NO4.C4H10O.C2H2/c1-13-10-19-14(6-5-9-27-19)11-17(13)21-15-7-3-4-8-16(15)22(26)23(2)18(21)12-20(24)25;1-4(2,3)5;1-2/h3-4,7-8,10-11H,5-6,9,12H2,1-2H3,(H,24,25);5H,1-3H3;1-2H. The van der Waals surface area contributed by atoms with Crippen molar-refractivity contribution in [2.45, 2.75) is 52.6 Å². The maximum atomic E-state index is 12.8. The zero-order valence-corrected chi connectivity index (χ0v) is 20.5. The van der Waals surface area contributed by atoms with E-state index in [0.717, 1.165) is 52.8 Å². The summed E-state index contributed by atoms with van der Waals surface area (Å²) in [7, 11) is 1.65. The molecule has 0 saturated carbocycles. The molecular weight excluding hydrogens is 430 g/mol. The summed E-state index contributed by atoms with van der Waals surface area (Å²) in [5.41, 5.74) is 3.76. The highest BCUT2D eigenvalue weighted by atomic mass is 16.5. The van der Waals surface area contributed by atoms with E-state index in [4.69, 9.17) is 9.84 Å². The first-order valence-electron chi connectivity index (χ1n) is 11.1. The van der Waals surface area contributed by atoms with Crippen LogP contribution in [0.5, 0.6) is 5.75 Å². The van der Waals surface area contributed by atoms with E-state index in [9.17, 15) is 14.7 Å². The minimum absolute atomic E-state index is 0.176. The number of aliphatic hydroxyl groups is 1. The van der Waals surface area contributed by atoms with E-state index in [1.54, 1.807) is 33.9 Å². The predicted octanol–water partition coefficient (Wildman–Crippen LogP) is 4.49.